The van der Waals surface area contributed by atoms with Crippen LogP contribution in [0.4, 0.5) is 0 Å². The van der Waals surface area contributed by atoms with Crippen LogP contribution in [0.25, 0.3) is 11.3 Å². The number of hydrogen-bond donors (Lipinski definition) is 1. The van der Waals surface area contributed by atoms with Crippen molar-refractivity contribution in [3.8, 4) is 11.3 Å². The average Bonchev–Trinajstić information content (AvgIpc) is 2.57. The molecule has 0 saturated heterocycles. The van der Waals surface area contributed by atoms with Crippen LogP contribution in [0.1, 0.15) is 5.69 Å². The number of pyridine rings is 1. The molecule has 0 aliphatic rings. The van der Waals surface area contributed by atoms with Crippen molar-refractivity contribution in [1.29, 1.82) is 0 Å². The Morgan fingerprint density at radius 3 is 2.83 bits per heavy atom. The quantitative estimate of drug-likeness (QED) is 0.678. The van der Waals surface area contributed by atoms with Gasteiger partial charge >= 0.3 is 0 Å². The fraction of sp³-hybridized carbons (Fsp3) is 0.100. The molecule has 0 aliphatic carbocycles. The molecular formula is C10H10N2. The lowest BCUT2D eigenvalue weighted by Crippen LogP contribution is -1.85. The molecule has 0 aliphatic heterocycles. The standard InChI is InChI=1S/C10H10N2/c1-8-9(4-2-6-11-8)10-5-3-7-12-10/h2-7,12H,1H3. The number of aromatic amines is 1. The van der Waals surface area contributed by atoms with Crippen molar-refractivity contribution in [2.45, 2.75) is 6.92 Å². The van der Waals surface area contributed by atoms with Gasteiger partial charge in [-0.3, -0.25) is 4.98 Å². The van der Waals surface area contributed by atoms with Gasteiger partial charge in [0.1, 0.15) is 0 Å². The number of hydrogen-bond acceptors (Lipinski definition) is 1. The molecule has 2 heteroatoms. The third-order valence-corrected chi connectivity index (χ3v) is 1.90. The predicted octanol–water partition coefficient (Wildman–Crippen LogP) is 2.39. The minimum Gasteiger partial charge on any atom is -0.361 e. The van der Waals surface area contributed by atoms with E-state index < -0.39 is 0 Å². The van der Waals surface area contributed by atoms with E-state index in [0.717, 1.165) is 11.4 Å². The maximum Gasteiger partial charge on any atom is 0.0472 e. The molecule has 2 nitrogen and oxygen atoms in total. The van der Waals surface area contributed by atoms with Gasteiger partial charge in [-0.25, -0.2) is 0 Å². The predicted molar refractivity (Wildman–Crippen MR) is 48.8 cm³/mol. The summed E-state index contributed by atoms with van der Waals surface area (Å²) in [5.41, 5.74) is 3.35. The van der Waals surface area contributed by atoms with Gasteiger partial charge in [0, 0.05) is 29.3 Å². The first kappa shape index (κ1) is 7.10. The van der Waals surface area contributed by atoms with Gasteiger partial charge in [-0.05, 0) is 31.2 Å². The van der Waals surface area contributed by atoms with Crippen molar-refractivity contribution in [3.63, 3.8) is 0 Å². The van der Waals surface area contributed by atoms with E-state index in [2.05, 4.69) is 16.0 Å². The Hall–Kier alpha value is -1.57. The molecule has 0 bridgehead atoms. The van der Waals surface area contributed by atoms with Gasteiger partial charge in [0.15, 0.2) is 0 Å². The van der Waals surface area contributed by atoms with Crippen LogP contribution in [0, 0.1) is 6.92 Å². The number of nitrogens with one attached hydrogen (secondary N) is 1. The summed E-state index contributed by atoms with van der Waals surface area (Å²) in [4.78, 5) is 7.37. The van der Waals surface area contributed by atoms with Gasteiger partial charge < -0.3 is 4.98 Å². The Kier molecular flexibility index (Phi) is 1.67. The molecule has 0 fully saturated rings. The van der Waals surface area contributed by atoms with Crippen LogP contribution in [-0.2, 0) is 0 Å². The van der Waals surface area contributed by atoms with Gasteiger partial charge in [0.05, 0.1) is 0 Å². The average molecular weight is 158 g/mol. The van der Waals surface area contributed by atoms with E-state index >= 15 is 0 Å². The number of H-pyrrole nitrogens is 1. The summed E-state index contributed by atoms with van der Waals surface area (Å²) in [7, 11) is 0. The van der Waals surface area contributed by atoms with Gasteiger partial charge in [0.25, 0.3) is 0 Å². The molecule has 0 radical (unpaired) electrons. The Labute approximate surface area is 71.3 Å². The molecule has 60 valence electrons. The SMILES string of the molecule is Cc1ncccc1-c1ccc[nH]1. The molecular weight excluding hydrogens is 148 g/mol. The van der Waals surface area contributed by atoms with Crippen LogP contribution < -0.4 is 0 Å². The van der Waals surface area contributed by atoms with Crippen LogP contribution in [-0.4, -0.2) is 9.97 Å². The minimum atomic E-state index is 1.06. The minimum absolute atomic E-state index is 1.06. The zero-order valence-corrected chi connectivity index (χ0v) is 6.91. The first-order valence-corrected chi connectivity index (χ1v) is 3.93. The maximum atomic E-state index is 4.22. The van der Waals surface area contributed by atoms with Crippen molar-refractivity contribution in [3.05, 3.63) is 42.4 Å². The number of rotatable bonds is 1. The molecule has 0 aromatic carbocycles. The topological polar surface area (TPSA) is 28.7 Å². The zero-order valence-electron chi connectivity index (χ0n) is 6.91. The van der Waals surface area contributed by atoms with Gasteiger partial charge in [-0.15, -0.1) is 0 Å². The van der Waals surface area contributed by atoms with E-state index in [4.69, 9.17) is 0 Å². The summed E-state index contributed by atoms with van der Waals surface area (Å²) < 4.78 is 0. The van der Waals surface area contributed by atoms with Crippen molar-refractivity contribution < 1.29 is 0 Å². The smallest absolute Gasteiger partial charge is 0.0472 e. The summed E-state index contributed by atoms with van der Waals surface area (Å²) in [6.07, 6.45) is 3.73. The Balaban J connectivity index is 2.55. The van der Waals surface area contributed by atoms with E-state index in [1.54, 1.807) is 0 Å². The Morgan fingerprint density at radius 1 is 1.25 bits per heavy atom. The maximum absolute atomic E-state index is 4.22. The normalized spacial score (nSPS) is 10.1. The Bertz CT molecular complexity index is 363. The summed E-state index contributed by atoms with van der Waals surface area (Å²) >= 11 is 0. The van der Waals surface area contributed by atoms with Crippen molar-refractivity contribution >= 4 is 0 Å². The highest BCUT2D eigenvalue weighted by molar-refractivity contribution is 5.61. The lowest BCUT2D eigenvalue weighted by Gasteiger charge is -2.00. The molecule has 0 atom stereocenters. The van der Waals surface area contributed by atoms with E-state index in [-0.39, 0.29) is 0 Å². The van der Waals surface area contributed by atoms with Crippen LogP contribution in [0.2, 0.25) is 0 Å². The molecule has 2 rings (SSSR count). The lowest BCUT2D eigenvalue weighted by molar-refractivity contribution is 1.19. The molecule has 1 N–H and O–H groups in total. The number of nitrogens with zero attached hydrogens (tertiary/aromatic N) is 1. The van der Waals surface area contributed by atoms with E-state index in [9.17, 15) is 0 Å². The largest absolute Gasteiger partial charge is 0.361 e. The van der Waals surface area contributed by atoms with Crippen molar-refractivity contribution in [2.75, 3.05) is 0 Å². The summed E-state index contributed by atoms with van der Waals surface area (Å²) in [6, 6.07) is 8.04. The van der Waals surface area contributed by atoms with Crippen LogP contribution >= 0.6 is 0 Å². The summed E-state index contributed by atoms with van der Waals surface area (Å²) in [5, 5.41) is 0. The summed E-state index contributed by atoms with van der Waals surface area (Å²) in [5.74, 6) is 0. The lowest BCUT2D eigenvalue weighted by atomic mass is 10.1. The highest BCUT2D eigenvalue weighted by atomic mass is 14.7. The van der Waals surface area contributed by atoms with E-state index in [1.807, 2.05) is 37.5 Å². The van der Waals surface area contributed by atoms with Gasteiger partial charge in [0.2, 0.25) is 0 Å². The molecule has 0 spiro atoms. The van der Waals surface area contributed by atoms with Crippen LogP contribution in [0.3, 0.4) is 0 Å². The summed E-state index contributed by atoms with van der Waals surface area (Å²) in [6.45, 7) is 2.01. The third-order valence-electron chi connectivity index (χ3n) is 1.90. The van der Waals surface area contributed by atoms with Gasteiger partial charge in [-0.1, -0.05) is 0 Å². The van der Waals surface area contributed by atoms with Gasteiger partial charge in [-0.2, -0.15) is 0 Å². The molecule has 0 saturated carbocycles. The fourth-order valence-electron chi connectivity index (χ4n) is 1.27. The molecule has 0 unspecified atom stereocenters. The first-order valence-electron chi connectivity index (χ1n) is 3.93. The highest BCUT2D eigenvalue weighted by Gasteiger charge is 2.00. The number of aryl methyl sites for hydroxylation is 1. The van der Waals surface area contributed by atoms with Crippen molar-refractivity contribution in [2.24, 2.45) is 0 Å². The van der Waals surface area contributed by atoms with Crippen molar-refractivity contribution in [1.82, 2.24) is 9.97 Å². The highest BCUT2D eigenvalue weighted by Crippen LogP contribution is 2.18. The molecule has 2 aromatic heterocycles. The fourth-order valence-corrected chi connectivity index (χ4v) is 1.27. The third kappa shape index (κ3) is 1.11. The molecule has 12 heavy (non-hydrogen) atoms. The molecule has 2 heterocycles. The van der Waals surface area contributed by atoms with Crippen LogP contribution in [0.15, 0.2) is 36.7 Å². The van der Waals surface area contributed by atoms with E-state index in [1.165, 1.54) is 5.56 Å². The molecule has 2 aromatic rings. The molecule has 0 amide bonds. The second-order valence-electron chi connectivity index (χ2n) is 2.72. The monoisotopic (exact) mass is 158 g/mol. The zero-order chi connectivity index (χ0) is 8.39. The van der Waals surface area contributed by atoms with Crippen LogP contribution in [0.5, 0.6) is 0 Å². The first-order chi connectivity index (χ1) is 5.88. The van der Waals surface area contributed by atoms with E-state index in [0.29, 0.717) is 0 Å². The Morgan fingerprint density at radius 2 is 2.17 bits per heavy atom. The number of aromatic nitrogens is 2. The second kappa shape index (κ2) is 2.81. The second-order valence-corrected chi connectivity index (χ2v) is 2.72.